The zero-order valence-electron chi connectivity index (χ0n) is 13.4. The SMILES string of the molecule is COc1c(C)cnc(CC(NN)C2CC3CCC2C3)c1C. The molecule has 4 nitrogen and oxygen atoms in total. The molecule has 1 heterocycles. The first kappa shape index (κ1) is 14.8. The van der Waals surface area contributed by atoms with E-state index in [9.17, 15) is 0 Å². The van der Waals surface area contributed by atoms with Crippen molar-refractivity contribution < 1.29 is 4.74 Å². The monoisotopic (exact) mass is 289 g/mol. The third-order valence-electron chi connectivity index (χ3n) is 5.69. The van der Waals surface area contributed by atoms with Crippen LogP contribution in [0.4, 0.5) is 0 Å². The number of hydrogen-bond acceptors (Lipinski definition) is 4. The Balaban J connectivity index is 1.78. The van der Waals surface area contributed by atoms with Gasteiger partial charge in [0.2, 0.25) is 0 Å². The highest BCUT2D eigenvalue weighted by atomic mass is 16.5. The molecule has 0 aromatic carbocycles. The summed E-state index contributed by atoms with van der Waals surface area (Å²) in [5.74, 6) is 9.35. The molecule has 1 aromatic rings. The fourth-order valence-corrected chi connectivity index (χ4v) is 4.61. The van der Waals surface area contributed by atoms with E-state index >= 15 is 0 Å². The van der Waals surface area contributed by atoms with Gasteiger partial charge in [-0.1, -0.05) is 6.42 Å². The Bertz CT molecular complexity index is 517. The molecule has 0 radical (unpaired) electrons. The topological polar surface area (TPSA) is 60.2 Å². The Kier molecular flexibility index (Phi) is 4.18. The van der Waals surface area contributed by atoms with E-state index in [0.29, 0.717) is 12.0 Å². The van der Waals surface area contributed by atoms with E-state index in [4.69, 9.17) is 10.6 Å². The Morgan fingerprint density at radius 1 is 1.38 bits per heavy atom. The minimum Gasteiger partial charge on any atom is -0.496 e. The quantitative estimate of drug-likeness (QED) is 0.646. The summed E-state index contributed by atoms with van der Waals surface area (Å²) in [6, 6.07) is 0.332. The third-order valence-corrected chi connectivity index (χ3v) is 5.69. The summed E-state index contributed by atoms with van der Waals surface area (Å²) >= 11 is 0. The molecule has 116 valence electrons. The standard InChI is InChI=1S/C17H27N3O/c1-10-9-19-15(11(2)17(10)21-3)8-16(20-18)14-7-12-4-5-13(14)6-12/h9,12-14,16,20H,4-8,18H2,1-3H3. The highest BCUT2D eigenvalue weighted by Gasteiger charge is 2.42. The predicted molar refractivity (Wildman–Crippen MR) is 84.0 cm³/mol. The maximum absolute atomic E-state index is 5.87. The molecule has 0 spiro atoms. The van der Waals surface area contributed by atoms with Crippen molar-refractivity contribution in [2.45, 2.75) is 52.0 Å². The van der Waals surface area contributed by atoms with Gasteiger partial charge in [-0.25, -0.2) is 0 Å². The molecule has 0 amide bonds. The Hall–Kier alpha value is -1.13. The maximum atomic E-state index is 5.87. The van der Waals surface area contributed by atoms with Crippen LogP contribution < -0.4 is 16.0 Å². The number of hydrogen-bond donors (Lipinski definition) is 2. The van der Waals surface area contributed by atoms with E-state index in [-0.39, 0.29) is 0 Å². The van der Waals surface area contributed by atoms with Gasteiger partial charge in [0, 0.05) is 35.5 Å². The van der Waals surface area contributed by atoms with Gasteiger partial charge in [-0.15, -0.1) is 0 Å². The highest BCUT2D eigenvalue weighted by Crippen LogP contribution is 2.49. The number of hydrazine groups is 1. The van der Waals surface area contributed by atoms with Crippen LogP contribution >= 0.6 is 0 Å². The lowest BCUT2D eigenvalue weighted by Crippen LogP contribution is -2.44. The van der Waals surface area contributed by atoms with Crippen LogP contribution in [0.25, 0.3) is 0 Å². The van der Waals surface area contributed by atoms with Crippen LogP contribution in [0.2, 0.25) is 0 Å². The number of rotatable bonds is 5. The molecule has 0 saturated heterocycles. The first-order chi connectivity index (χ1) is 10.1. The largest absolute Gasteiger partial charge is 0.496 e. The summed E-state index contributed by atoms with van der Waals surface area (Å²) in [6.45, 7) is 4.14. The number of methoxy groups -OCH3 is 1. The third kappa shape index (κ3) is 2.67. The average molecular weight is 289 g/mol. The van der Waals surface area contributed by atoms with E-state index in [0.717, 1.165) is 40.8 Å². The number of pyridine rings is 1. The minimum atomic E-state index is 0.332. The van der Waals surface area contributed by atoms with Gasteiger partial charge in [-0.05, 0) is 50.9 Å². The molecule has 2 aliphatic carbocycles. The number of aromatic nitrogens is 1. The molecule has 2 bridgehead atoms. The molecule has 4 unspecified atom stereocenters. The minimum absolute atomic E-state index is 0.332. The summed E-state index contributed by atoms with van der Waals surface area (Å²) < 4.78 is 5.51. The Morgan fingerprint density at radius 2 is 2.19 bits per heavy atom. The molecule has 1 aromatic heterocycles. The van der Waals surface area contributed by atoms with E-state index in [2.05, 4.69) is 17.3 Å². The van der Waals surface area contributed by atoms with Crippen molar-refractivity contribution in [2.24, 2.45) is 23.6 Å². The number of aryl methyl sites for hydroxylation is 1. The molecular weight excluding hydrogens is 262 g/mol. The zero-order chi connectivity index (χ0) is 15.0. The number of fused-ring (bicyclic) bond motifs is 2. The van der Waals surface area contributed by atoms with Crippen molar-refractivity contribution in [1.29, 1.82) is 0 Å². The van der Waals surface area contributed by atoms with Gasteiger partial charge in [0.05, 0.1) is 7.11 Å². The summed E-state index contributed by atoms with van der Waals surface area (Å²) in [7, 11) is 1.73. The van der Waals surface area contributed by atoms with Crippen LogP contribution in [0.1, 0.15) is 42.5 Å². The second-order valence-corrected chi connectivity index (χ2v) is 6.86. The highest BCUT2D eigenvalue weighted by molar-refractivity contribution is 5.41. The smallest absolute Gasteiger partial charge is 0.128 e. The van der Waals surface area contributed by atoms with Gasteiger partial charge in [0.1, 0.15) is 5.75 Å². The van der Waals surface area contributed by atoms with Crippen molar-refractivity contribution in [3.05, 3.63) is 23.0 Å². The zero-order valence-corrected chi connectivity index (χ0v) is 13.4. The lowest BCUT2D eigenvalue weighted by molar-refractivity contribution is 0.246. The fraction of sp³-hybridized carbons (Fsp3) is 0.706. The van der Waals surface area contributed by atoms with Gasteiger partial charge in [0.25, 0.3) is 0 Å². The molecule has 0 aliphatic heterocycles. The van der Waals surface area contributed by atoms with Crippen molar-refractivity contribution in [1.82, 2.24) is 10.4 Å². The second kappa shape index (κ2) is 5.93. The van der Waals surface area contributed by atoms with Gasteiger partial charge >= 0.3 is 0 Å². The van der Waals surface area contributed by atoms with Crippen molar-refractivity contribution >= 4 is 0 Å². The van der Waals surface area contributed by atoms with Crippen LogP contribution in [0, 0.1) is 31.6 Å². The number of nitrogens with two attached hydrogens (primary N) is 1. The predicted octanol–water partition coefficient (Wildman–Crippen LogP) is 2.52. The van der Waals surface area contributed by atoms with E-state index in [1.165, 1.54) is 25.7 Å². The normalized spacial score (nSPS) is 28.9. The first-order valence-electron chi connectivity index (χ1n) is 8.09. The lowest BCUT2D eigenvalue weighted by atomic mass is 9.81. The molecule has 3 rings (SSSR count). The van der Waals surface area contributed by atoms with Crippen LogP contribution in [-0.2, 0) is 6.42 Å². The molecule has 21 heavy (non-hydrogen) atoms. The molecule has 4 heteroatoms. The molecule has 2 saturated carbocycles. The van der Waals surface area contributed by atoms with E-state index < -0.39 is 0 Å². The summed E-state index contributed by atoms with van der Waals surface area (Å²) in [5, 5.41) is 0. The number of nitrogens with one attached hydrogen (secondary N) is 1. The Labute approximate surface area is 127 Å². The molecular formula is C17H27N3O. The summed E-state index contributed by atoms with van der Waals surface area (Å²) in [6.07, 6.45) is 8.36. The van der Waals surface area contributed by atoms with Crippen LogP contribution in [0.3, 0.4) is 0 Å². The van der Waals surface area contributed by atoms with Gasteiger partial charge in [0.15, 0.2) is 0 Å². The molecule has 4 atom stereocenters. The van der Waals surface area contributed by atoms with Gasteiger partial charge in [-0.2, -0.15) is 0 Å². The van der Waals surface area contributed by atoms with E-state index in [1.807, 2.05) is 13.1 Å². The van der Waals surface area contributed by atoms with Crippen molar-refractivity contribution in [3.8, 4) is 5.75 Å². The molecule has 2 aliphatic rings. The van der Waals surface area contributed by atoms with Gasteiger partial charge < -0.3 is 4.74 Å². The van der Waals surface area contributed by atoms with E-state index in [1.54, 1.807) is 7.11 Å². The van der Waals surface area contributed by atoms with Crippen LogP contribution in [-0.4, -0.2) is 18.1 Å². The second-order valence-electron chi connectivity index (χ2n) is 6.86. The number of nitrogens with zero attached hydrogens (tertiary/aromatic N) is 1. The van der Waals surface area contributed by atoms with Crippen molar-refractivity contribution in [2.75, 3.05) is 7.11 Å². The van der Waals surface area contributed by atoms with Gasteiger partial charge in [-0.3, -0.25) is 16.3 Å². The summed E-state index contributed by atoms with van der Waals surface area (Å²) in [4.78, 5) is 4.63. The molecule has 3 N–H and O–H groups in total. The maximum Gasteiger partial charge on any atom is 0.128 e. The van der Waals surface area contributed by atoms with Crippen LogP contribution in [0.5, 0.6) is 5.75 Å². The van der Waals surface area contributed by atoms with Crippen molar-refractivity contribution in [3.63, 3.8) is 0 Å². The number of ether oxygens (including phenoxy) is 1. The fourth-order valence-electron chi connectivity index (χ4n) is 4.61. The lowest BCUT2D eigenvalue weighted by Gasteiger charge is -2.30. The average Bonchev–Trinajstić information content (AvgIpc) is 3.10. The molecule has 2 fully saturated rings. The Morgan fingerprint density at radius 3 is 2.76 bits per heavy atom. The summed E-state index contributed by atoms with van der Waals surface area (Å²) in [5.41, 5.74) is 6.44. The first-order valence-corrected chi connectivity index (χ1v) is 8.09. The van der Waals surface area contributed by atoms with Crippen LogP contribution in [0.15, 0.2) is 6.20 Å².